The maximum absolute atomic E-state index is 11.6. The van der Waals surface area contributed by atoms with Gasteiger partial charge in [-0.2, -0.15) is 5.10 Å². The van der Waals surface area contributed by atoms with Crippen LogP contribution in [0.4, 0.5) is 5.69 Å². The number of aromatic nitrogens is 2. The van der Waals surface area contributed by atoms with Gasteiger partial charge in [-0.1, -0.05) is 12.1 Å². The van der Waals surface area contributed by atoms with Gasteiger partial charge in [0.25, 0.3) is 0 Å². The number of rotatable bonds is 4. The number of hydrogen-bond donors (Lipinski definition) is 3. The summed E-state index contributed by atoms with van der Waals surface area (Å²) in [6.07, 6.45) is 2.19. The van der Waals surface area contributed by atoms with Crippen LogP contribution in [-0.4, -0.2) is 29.7 Å². The molecule has 0 unspecified atom stereocenters. The minimum atomic E-state index is -0.00329. The van der Waals surface area contributed by atoms with E-state index >= 15 is 0 Å². The lowest BCUT2D eigenvalue weighted by atomic mass is 10.2. The zero-order valence-electron chi connectivity index (χ0n) is 9.08. The number of anilines is 1. The molecule has 0 aliphatic heterocycles. The number of carbonyl (C=O) groups is 1. The van der Waals surface area contributed by atoms with E-state index in [1.807, 2.05) is 25.2 Å². The summed E-state index contributed by atoms with van der Waals surface area (Å²) in [5.74, 6) is -0.00329. The van der Waals surface area contributed by atoms with Gasteiger partial charge in [0, 0.05) is 18.4 Å². The Hall–Kier alpha value is -1.88. The molecule has 1 heterocycles. The average molecular weight is 218 g/mol. The lowest BCUT2D eigenvalue weighted by Gasteiger charge is -2.05. The predicted octanol–water partition coefficient (Wildman–Crippen LogP) is 1.11. The van der Waals surface area contributed by atoms with E-state index in [2.05, 4.69) is 20.8 Å². The number of nitrogens with zero attached hydrogens (tertiary/aromatic N) is 1. The molecule has 2 rings (SSSR count). The SMILES string of the molecule is CNCCC(=O)Nc1cccc2cn[nH]c12. The Bertz CT molecular complexity index is 491. The number of benzene rings is 1. The molecule has 0 saturated heterocycles. The fraction of sp³-hybridized carbons (Fsp3) is 0.273. The highest BCUT2D eigenvalue weighted by molar-refractivity contribution is 6.00. The van der Waals surface area contributed by atoms with E-state index in [1.54, 1.807) is 6.20 Å². The molecule has 2 aromatic rings. The van der Waals surface area contributed by atoms with Crippen LogP contribution in [0.1, 0.15) is 6.42 Å². The number of nitrogens with one attached hydrogen (secondary N) is 3. The van der Waals surface area contributed by atoms with Crippen LogP contribution in [-0.2, 0) is 4.79 Å². The second kappa shape index (κ2) is 4.76. The number of carbonyl (C=O) groups excluding carboxylic acids is 1. The molecule has 16 heavy (non-hydrogen) atoms. The Morgan fingerprint density at radius 3 is 3.19 bits per heavy atom. The van der Waals surface area contributed by atoms with Crippen molar-refractivity contribution in [2.45, 2.75) is 6.42 Å². The highest BCUT2D eigenvalue weighted by Gasteiger charge is 2.05. The predicted molar refractivity (Wildman–Crippen MR) is 63.3 cm³/mol. The van der Waals surface area contributed by atoms with Gasteiger partial charge in [-0.3, -0.25) is 9.89 Å². The first-order valence-electron chi connectivity index (χ1n) is 5.18. The quantitative estimate of drug-likeness (QED) is 0.720. The van der Waals surface area contributed by atoms with Gasteiger partial charge in [-0.05, 0) is 13.1 Å². The molecule has 84 valence electrons. The lowest BCUT2D eigenvalue weighted by molar-refractivity contribution is -0.116. The van der Waals surface area contributed by atoms with Crippen molar-refractivity contribution >= 4 is 22.5 Å². The van der Waals surface area contributed by atoms with Crippen LogP contribution in [0.25, 0.3) is 10.9 Å². The van der Waals surface area contributed by atoms with Crippen molar-refractivity contribution in [3.8, 4) is 0 Å². The van der Waals surface area contributed by atoms with Gasteiger partial charge in [-0.15, -0.1) is 0 Å². The molecule has 0 aliphatic carbocycles. The van der Waals surface area contributed by atoms with Crippen LogP contribution in [0, 0.1) is 0 Å². The molecule has 1 amide bonds. The van der Waals surface area contributed by atoms with Crippen molar-refractivity contribution in [2.24, 2.45) is 0 Å². The van der Waals surface area contributed by atoms with E-state index in [-0.39, 0.29) is 5.91 Å². The molecule has 5 nitrogen and oxygen atoms in total. The first-order chi connectivity index (χ1) is 7.81. The third-order valence-corrected chi connectivity index (χ3v) is 2.35. The zero-order valence-corrected chi connectivity index (χ0v) is 9.08. The molecule has 0 bridgehead atoms. The van der Waals surface area contributed by atoms with Gasteiger partial charge in [-0.25, -0.2) is 0 Å². The fourth-order valence-electron chi connectivity index (χ4n) is 1.52. The molecule has 3 N–H and O–H groups in total. The van der Waals surface area contributed by atoms with E-state index in [0.29, 0.717) is 13.0 Å². The van der Waals surface area contributed by atoms with E-state index in [0.717, 1.165) is 16.6 Å². The number of hydrogen-bond acceptors (Lipinski definition) is 3. The van der Waals surface area contributed by atoms with Gasteiger partial charge in [0.2, 0.25) is 5.91 Å². The smallest absolute Gasteiger partial charge is 0.225 e. The molecule has 1 aromatic carbocycles. The summed E-state index contributed by atoms with van der Waals surface area (Å²) in [7, 11) is 1.82. The third-order valence-electron chi connectivity index (χ3n) is 2.35. The lowest BCUT2D eigenvalue weighted by Crippen LogP contribution is -2.18. The molecule has 1 aromatic heterocycles. The molecule has 0 saturated carbocycles. The van der Waals surface area contributed by atoms with Gasteiger partial charge in [0.05, 0.1) is 17.4 Å². The van der Waals surface area contributed by atoms with E-state index in [9.17, 15) is 4.79 Å². The standard InChI is InChI=1S/C11H14N4O/c1-12-6-5-10(16)14-9-4-2-3-8-7-13-15-11(8)9/h2-4,7,12H,5-6H2,1H3,(H,13,15)(H,14,16). The van der Waals surface area contributed by atoms with Gasteiger partial charge < -0.3 is 10.6 Å². The van der Waals surface area contributed by atoms with Crippen LogP contribution in [0.15, 0.2) is 24.4 Å². The first-order valence-corrected chi connectivity index (χ1v) is 5.18. The van der Waals surface area contributed by atoms with E-state index in [4.69, 9.17) is 0 Å². The molecular formula is C11H14N4O. The normalized spacial score (nSPS) is 10.6. The highest BCUT2D eigenvalue weighted by atomic mass is 16.1. The van der Waals surface area contributed by atoms with E-state index in [1.165, 1.54) is 0 Å². The largest absolute Gasteiger partial charge is 0.324 e. The van der Waals surface area contributed by atoms with Crippen LogP contribution < -0.4 is 10.6 Å². The van der Waals surface area contributed by atoms with Crippen LogP contribution in [0.2, 0.25) is 0 Å². The average Bonchev–Trinajstić information content (AvgIpc) is 2.75. The fourth-order valence-corrected chi connectivity index (χ4v) is 1.52. The van der Waals surface area contributed by atoms with Crippen molar-refractivity contribution < 1.29 is 4.79 Å². The number of para-hydroxylation sites is 1. The first kappa shape index (κ1) is 10.6. The minimum Gasteiger partial charge on any atom is -0.324 e. The van der Waals surface area contributed by atoms with Crippen molar-refractivity contribution in [1.82, 2.24) is 15.5 Å². The van der Waals surface area contributed by atoms with Crippen molar-refractivity contribution in [3.05, 3.63) is 24.4 Å². The number of aromatic amines is 1. The molecule has 0 aliphatic rings. The second-order valence-electron chi connectivity index (χ2n) is 3.54. The Morgan fingerprint density at radius 1 is 1.50 bits per heavy atom. The topological polar surface area (TPSA) is 69.8 Å². The molecule has 0 radical (unpaired) electrons. The molecule has 0 atom stereocenters. The highest BCUT2D eigenvalue weighted by Crippen LogP contribution is 2.20. The third kappa shape index (κ3) is 2.20. The molecule has 5 heteroatoms. The Labute approximate surface area is 93.2 Å². The summed E-state index contributed by atoms with van der Waals surface area (Å²) in [6, 6.07) is 5.70. The van der Waals surface area contributed by atoms with Gasteiger partial charge in [0.15, 0.2) is 0 Å². The summed E-state index contributed by atoms with van der Waals surface area (Å²) >= 11 is 0. The van der Waals surface area contributed by atoms with Crippen molar-refractivity contribution in [2.75, 3.05) is 18.9 Å². The molecular weight excluding hydrogens is 204 g/mol. The number of amides is 1. The van der Waals surface area contributed by atoms with E-state index < -0.39 is 0 Å². The van der Waals surface area contributed by atoms with Gasteiger partial charge in [0.1, 0.15) is 0 Å². The maximum Gasteiger partial charge on any atom is 0.225 e. The number of H-pyrrole nitrogens is 1. The summed E-state index contributed by atoms with van der Waals surface area (Å²) in [4.78, 5) is 11.6. The summed E-state index contributed by atoms with van der Waals surface area (Å²) < 4.78 is 0. The minimum absolute atomic E-state index is 0.00329. The summed E-state index contributed by atoms with van der Waals surface area (Å²) in [5.41, 5.74) is 1.64. The second-order valence-corrected chi connectivity index (χ2v) is 3.54. The molecule has 0 spiro atoms. The Morgan fingerprint density at radius 2 is 2.38 bits per heavy atom. The maximum atomic E-state index is 11.6. The van der Waals surface area contributed by atoms with Crippen molar-refractivity contribution in [1.29, 1.82) is 0 Å². The zero-order chi connectivity index (χ0) is 11.4. The number of fused-ring (bicyclic) bond motifs is 1. The monoisotopic (exact) mass is 218 g/mol. The Kier molecular flexibility index (Phi) is 3.16. The van der Waals surface area contributed by atoms with Crippen LogP contribution in [0.5, 0.6) is 0 Å². The van der Waals surface area contributed by atoms with Crippen molar-refractivity contribution in [3.63, 3.8) is 0 Å². The van der Waals surface area contributed by atoms with Gasteiger partial charge >= 0.3 is 0 Å². The molecule has 0 fully saturated rings. The summed E-state index contributed by atoms with van der Waals surface area (Å²) in [5, 5.41) is 13.6. The Balaban J connectivity index is 2.14. The van der Waals surface area contributed by atoms with Crippen LogP contribution in [0.3, 0.4) is 0 Å². The van der Waals surface area contributed by atoms with Crippen LogP contribution >= 0.6 is 0 Å². The summed E-state index contributed by atoms with van der Waals surface area (Å²) in [6.45, 7) is 0.671.